The first-order valence-corrected chi connectivity index (χ1v) is 8.96. The molecule has 3 rings (SSSR count). The lowest BCUT2D eigenvalue weighted by molar-refractivity contribution is -0.119. The van der Waals surface area contributed by atoms with Gasteiger partial charge in [0, 0.05) is 49.5 Å². The zero-order chi connectivity index (χ0) is 17.2. The van der Waals surface area contributed by atoms with Crippen molar-refractivity contribution in [3.8, 4) is 0 Å². The van der Waals surface area contributed by atoms with Crippen LogP contribution < -0.4 is 10.6 Å². The number of amides is 1. The molecule has 1 aromatic carbocycles. The van der Waals surface area contributed by atoms with E-state index in [9.17, 15) is 9.18 Å². The van der Waals surface area contributed by atoms with Gasteiger partial charge in [-0.15, -0.1) is 0 Å². The van der Waals surface area contributed by atoms with Gasteiger partial charge in [-0.25, -0.2) is 4.39 Å². The summed E-state index contributed by atoms with van der Waals surface area (Å²) in [5, 5.41) is 6.27. The van der Waals surface area contributed by atoms with Crippen LogP contribution in [0.4, 0.5) is 4.39 Å². The average Bonchev–Trinajstić information content (AvgIpc) is 2.87. The van der Waals surface area contributed by atoms with E-state index in [1.807, 2.05) is 6.07 Å². The summed E-state index contributed by atoms with van der Waals surface area (Å²) >= 11 is 3.31. The molecular weight excluding hydrogens is 375 g/mol. The number of hydrogen-bond acceptors (Lipinski definition) is 2. The SMILES string of the molecule is CN=C(NCc1cc(F)cc(Br)c1)N1CCCC2(CNC(=O)C2)C1. The molecule has 2 aliphatic heterocycles. The van der Waals surface area contributed by atoms with Gasteiger partial charge in [-0.1, -0.05) is 15.9 Å². The van der Waals surface area contributed by atoms with E-state index in [0.717, 1.165) is 48.5 Å². The third-order valence-electron chi connectivity index (χ3n) is 4.74. The highest BCUT2D eigenvalue weighted by Crippen LogP contribution is 2.36. The normalized spacial score (nSPS) is 24.4. The van der Waals surface area contributed by atoms with Crippen LogP contribution in [0.5, 0.6) is 0 Å². The van der Waals surface area contributed by atoms with Crippen LogP contribution in [0.1, 0.15) is 24.8 Å². The van der Waals surface area contributed by atoms with Crippen LogP contribution >= 0.6 is 15.9 Å². The van der Waals surface area contributed by atoms with Crippen molar-refractivity contribution >= 4 is 27.8 Å². The summed E-state index contributed by atoms with van der Waals surface area (Å²) < 4.78 is 14.2. The molecule has 2 fully saturated rings. The molecule has 2 N–H and O–H groups in total. The summed E-state index contributed by atoms with van der Waals surface area (Å²) in [6.45, 7) is 2.99. The molecule has 130 valence electrons. The molecule has 2 saturated heterocycles. The molecule has 1 atom stereocenters. The zero-order valence-electron chi connectivity index (χ0n) is 13.7. The molecule has 2 aliphatic rings. The second-order valence-corrected chi connectivity index (χ2v) is 7.57. The van der Waals surface area contributed by atoms with Gasteiger partial charge in [0.2, 0.25) is 5.91 Å². The molecule has 0 saturated carbocycles. The minimum atomic E-state index is -0.261. The smallest absolute Gasteiger partial charge is 0.220 e. The zero-order valence-corrected chi connectivity index (χ0v) is 15.3. The highest BCUT2D eigenvalue weighted by atomic mass is 79.9. The van der Waals surface area contributed by atoms with Crippen LogP contribution in [0.15, 0.2) is 27.7 Å². The summed E-state index contributed by atoms with van der Waals surface area (Å²) in [6.07, 6.45) is 2.70. The number of nitrogens with one attached hydrogen (secondary N) is 2. The summed E-state index contributed by atoms with van der Waals surface area (Å²) in [4.78, 5) is 18.2. The standard InChI is InChI=1S/C17H22BrFN4O/c1-20-16(21-9-12-5-13(18)7-14(19)6-12)23-4-2-3-17(11-23)8-15(24)22-10-17/h5-7H,2-4,8-11H2,1H3,(H,20,21)(H,22,24). The van der Waals surface area contributed by atoms with Gasteiger partial charge in [-0.2, -0.15) is 0 Å². The summed E-state index contributed by atoms with van der Waals surface area (Å²) in [5.74, 6) is 0.682. The fraction of sp³-hybridized carbons (Fsp3) is 0.529. The Bertz CT molecular complexity index is 646. The minimum absolute atomic E-state index is 0.0227. The predicted molar refractivity (Wildman–Crippen MR) is 95.2 cm³/mol. The predicted octanol–water partition coefficient (Wildman–Crippen LogP) is 2.27. The highest BCUT2D eigenvalue weighted by molar-refractivity contribution is 9.10. The molecule has 0 radical (unpaired) electrons. The molecule has 1 spiro atoms. The molecular formula is C17H22BrFN4O. The van der Waals surface area contributed by atoms with Crippen LogP contribution in [0.2, 0.25) is 0 Å². The number of halogens is 2. The number of hydrogen-bond donors (Lipinski definition) is 2. The first-order valence-electron chi connectivity index (χ1n) is 8.17. The van der Waals surface area contributed by atoms with E-state index in [-0.39, 0.29) is 17.1 Å². The van der Waals surface area contributed by atoms with Crippen molar-refractivity contribution < 1.29 is 9.18 Å². The molecule has 24 heavy (non-hydrogen) atoms. The number of aliphatic imine (C=N–C) groups is 1. The largest absolute Gasteiger partial charge is 0.355 e. The number of carbonyl (C=O) groups excluding carboxylic acids is 1. The number of guanidine groups is 1. The van der Waals surface area contributed by atoms with E-state index < -0.39 is 0 Å². The van der Waals surface area contributed by atoms with E-state index in [0.29, 0.717) is 13.0 Å². The molecule has 0 bridgehead atoms. The molecule has 0 aliphatic carbocycles. The lowest BCUT2D eigenvalue weighted by Gasteiger charge is -2.40. The topological polar surface area (TPSA) is 56.7 Å². The number of nitrogens with zero attached hydrogens (tertiary/aromatic N) is 2. The first kappa shape index (κ1) is 17.2. The summed E-state index contributed by atoms with van der Waals surface area (Å²) in [5.41, 5.74) is 0.877. The molecule has 0 aromatic heterocycles. The van der Waals surface area contributed by atoms with E-state index in [4.69, 9.17) is 0 Å². The average molecular weight is 397 g/mol. The van der Waals surface area contributed by atoms with Gasteiger partial charge in [0.05, 0.1) is 0 Å². The Kier molecular flexibility index (Phi) is 5.08. The molecule has 1 aromatic rings. The first-order chi connectivity index (χ1) is 11.5. The Hall–Kier alpha value is -1.63. The van der Waals surface area contributed by atoms with Crippen LogP contribution in [0, 0.1) is 11.2 Å². The minimum Gasteiger partial charge on any atom is -0.355 e. The lowest BCUT2D eigenvalue weighted by atomic mass is 9.79. The van der Waals surface area contributed by atoms with E-state index in [1.165, 1.54) is 12.1 Å². The Morgan fingerprint density at radius 3 is 3.00 bits per heavy atom. The monoisotopic (exact) mass is 396 g/mol. The molecule has 1 unspecified atom stereocenters. The number of carbonyl (C=O) groups is 1. The highest BCUT2D eigenvalue weighted by Gasteiger charge is 2.42. The van der Waals surface area contributed by atoms with Crippen LogP contribution in [-0.2, 0) is 11.3 Å². The van der Waals surface area contributed by atoms with Gasteiger partial charge in [-0.3, -0.25) is 9.79 Å². The Labute approximate surface area is 149 Å². The number of rotatable bonds is 2. The van der Waals surface area contributed by atoms with E-state index >= 15 is 0 Å². The van der Waals surface area contributed by atoms with Crippen molar-refractivity contribution in [2.45, 2.75) is 25.8 Å². The molecule has 1 amide bonds. The molecule has 5 nitrogen and oxygen atoms in total. The van der Waals surface area contributed by atoms with Crippen molar-refractivity contribution in [2.24, 2.45) is 10.4 Å². The van der Waals surface area contributed by atoms with Gasteiger partial charge < -0.3 is 15.5 Å². The van der Waals surface area contributed by atoms with Crippen molar-refractivity contribution in [3.63, 3.8) is 0 Å². The van der Waals surface area contributed by atoms with Gasteiger partial charge >= 0.3 is 0 Å². The van der Waals surface area contributed by atoms with Gasteiger partial charge in [0.1, 0.15) is 5.82 Å². The van der Waals surface area contributed by atoms with Crippen LogP contribution in [0.3, 0.4) is 0 Å². The maximum absolute atomic E-state index is 13.5. The van der Waals surface area contributed by atoms with Crippen molar-refractivity contribution in [1.29, 1.82) is 0 Å². The second-order valence-electron chi connectivity index (χ2n) is 6.66. The van der Waals surface area contributed by atoms with Gasteiger partial charge in [0.15, 0.2) is 5.96 Å². The number of benzene rings is 1. The third kappa shape index (κ3) is 3.88. The van der Waals surface area contributed by atoms with Gasteiger partial charge in [0.25, 0.3) is 0 Å². The van der Waals surface area contributed by atoms with E-state index in [1.54, 1.807) is 7.05 Å². The summed E-state index contributed by atoms with van der Waals surface area (Å²) in [7, 11) is 1.75. The van der Waals surface area contributed by atoms with Crippen molar-refractivity contribution in [1.82, 2.24) is 15.5 Å². The van der Waals surface area contributed by atoms with Crippen molar-refractivity contribution in [2.75, 3.05) is 26.7 Å². The Morgan fingerprint density at radius 1 is 1.50 bits per heavy atom. The van der Waals surface area contributed by atoms with Crippen molar-refractivity contribution in [3.05, 3.63) is 34.1 Å². The fourth-order valence-electron chi connectivity index (χ4n) is 3.66. The quantitative estimate of drug-likeness (QED) is 0.595. The van der Waals surface area contributed by atoms with Crippen LogP contribution in [0.25, 0.3) is 0 Å². The molecule has 7 heteroatoms. The fourth-order valence-corrected chi connectivity index (χ4v) is 4.17. The maximum atomic E-state index is 13.5. The lowest BCUT2D eigenvalue weighted by Crippen LogP contribution is -2.51. The maximum Gasteiger partial charge on any atom is 0.220 e. The molecule has 2 heterocycles. The Balaban J connectivity index is 1.64. The van der Waals surface area contributed by atoms with Crippen LogP contribution in [-0.4, -0.2) is 43.4 Å². The second kappa shape index (κ2) is 7.09. The summed E-state index contributed by atoms with van der Waals surface area (Å²) in [6, 6.07) is 4.85. The van der Waals surface area contributed by atoms with Gasteiger partial charge in [-0.05, 0) is 36.6 Å². The number of piperidine rings is 1. The third-order valence-corrected chi connectivity index (χ3v) is 5.20. The Morgan fingerprint density at radius 2 is 2.33 bits per heavy atom. The number of likely N-dealkylation sites (tertiary alicyclic amines) is 1. The van der Waals surface area contributed by atoms with E-state index in [2.05, 4.69) is 36.5 Å².